The molecule has 2 N–H and O–H groups in total. The lowest BCUT2D eigenvalue weighted by Gasteiger charge is -2.14. The van der Waals surface area contributed by atoms with Crippen LogP contribution < -0.4 is 10.6 Å². The Morgan fingerprint density at radius 2 is 1.86 bits per heavy atom. The molecule has 0 atom stereocenters. The van der Waals surface area contributed by atoms with Crippen molar-refractivity contribution in [1.29, 1.82) is 0 Å². The average molecular weight is 288 g/mol. The van der Waals surface area contributed by atoms with Crippen LogP contribution in [0.2, 0.25) is 0 Å². The molecule has 2 rings (SSSR count). The van der Waals surface area contributed by atoms with Gasteiger partial charge in [-0.15, -0.1) is 0 Å². The number of rotatable bonds is 5. The minimum Gasteiger partial charge on any atom is -0.373 e. The second-order valence-electron chi connectivity index (χ2n) is 5.05. The lowest BCUT2D eigenvalue weighted by Crippen LogP contribution is -2.07. The number of aromatic nitrogens is 2. The Bertz CT molecular complexity index is 640. The molecule has 0 aliphatic rings. The smallest absolute Gasteiger partial charge is 0.139 e. The third kappa shape index (κ3) is 3.48. The Morgan fingerprint density at radius 3 is 2.48 bits per heavy atom. The van der Waals surface area contributed by atoms with Gasteiger partial charge in [0, 0.05) is 24.7 Å². The van der Waals surface area contributed by atoms with Gasteiger partial charge in [-0.3, -0.25) is 0 Å². The molecular weight excluding hydrogens is 267 g/mol. The van der Waals surface area contributed by atoms with Gasteiger partial charge in [0.25, 0.3) is 0 Å². The van der Waals surface area contributed by atoms with Gasteiger partial charge >= 0.3 is 0 Å². The van der Waals surface area contributed by atoms with Crippen LogP contribution in [0.3, 0.4) is 0 Å². The molecule has 0 amide bonds. The highest BCUT2D eigenvalue weighted by Gasteiger charge is 2.10. The van der Waals surface area contributed by atoms with E-state index in [-0.39, 0.29) is 5.82 Å². The summed E-state index contributed by atoms with van der Waals surface area (Å²) in [6.45, 7) is 5.80. The summed E-state index contributed by atoms with van der Waals surface area (Å²) in [7, 11) is 1.84. The van der Waals surface area contributed by atoms with Gasteiger partial charge in [0.2, 0.25) is 0 Å². The Balaban J connectivity index is 2.37. The Labute approximate surface area is 124 Å². The molecule has 112 valence electrons. The van der Waals surface area contributed by atoms with E-state index in [0.717, 1.165) is 41.6 Å². The van der Waals surface area contributed by atoms with E-state index >= 15 is 0 Å². The van der Waals surface area contributed by atoms with Crippen molar-refractivity contribution in [3.63, 3.8) is 0 Å². The summed E-state index contributed by atoms with van der Waals surface area (Å²) < 4.78 is 13.3. The zero-order valence-corrected chi connectivity index (χ0v) is 12.9. The van der Waals surface area contributed by atoms with Crippen molar-refractivity contribution in [3.8, 4) is 0 Å². The highest BCUT2D eigenvalue weighted by atomic mass is 19.1. The van der Waals surface area contributed by atoms with Crippen molar-refractivity contribution in [2.45, 2.75) is 33.6 Å². The molecule has 0 spiro atoms. The van der Waals surface area contributed by atoms with Crippen molar-refractivity contribution in [2.24, 2.45) is 0 Å². The maximum Gasteiger partial charge on any atom is 0.139 e. The van der Waals surface area contributed by atoms with Gasteiger partial charge in [-0.25, -0.2) is 14.4 Å². The Kier molecular flexibility index (Phi) is 4.73. The summed E-state index contributed by atoms with van der Waals surface area (Å²) in [6, 6.07) is 4.94. The number of anilines is 3. The standard InChI is InChI=1S/C16H21FN4/c1-5-6-14-20-15(18-4)11(3)16(21-14)19-12-7-8-13(17)10(2)9-12/h7-9H,5-6H2,1-4H3,(H2,18,19,20,21). The minimum atomic E-state index is -0.206. The molecular formula is C16H21FN4. The van der Waals surface area contributed by atoms with E-state index < -0.39 is 0 Å². The van der Waals surface area contributed by atoms with Crippen LogP contribution in [0, 0.1) is 19.7 Å². The quantitative estimate of drug-likeness (QED) is 0.874. The van der Waals surface area contributed by atoms with Crippen LogP contribution in [0.25, 0.3) is 0 Å². The van der Waals surface area contributed by atoms with Crippen molar-refractivity contribution >= 4 is 17.3 Å². The summed E-state index contributed by atoms with van der Waals surface area (Å²) in [5.74, 6) is 2.16. The molecule has 0 aliphatic carbocycles. The largest absolute Gasteiger partial charge is 0.373 e. The molecule has 1 aromatic heterocycles. The fourth-order valence-corrected chi connectivity index (χ4v) is 2.12. The molecule has 0 saturated carbocycles. The minimum absolute atomic E-state index is 0.206. The molecule has 0 bridgehead atoms. The molecule has 0 fully saturated rings. The molecule has 0 aliphatic heterocycles. The third-order valence-corrected chi connectivity index (χ3v) is 3.32. The van der Waals surface area contributed by atoms with Crippen molar-refractivity contribution in [3.05, 3.63) is 41.0 Å². The van der Waals surface area contributed by atoms with Crippen LogP contribution in [-0.2, 0) is 6.42 Å². The molecule has 1 heterocycles. The fraction of sp³-hybridized carbons (Fsp3) is 0.375. The number of hydrogen-bond donors (Lipinski definition) is 2. The van der Waals surface area contributed by atoms with Gasteiger partial charge < -0.3 is 10.6 Å². The number of aryl methyl sites for hydroxylation is 2. The molecule has 1 aromatic carbocycles. The monoisotopic (exact) mass is 288 g/mol. The van der Waals surface area contributed by atoms with E-state index in [4.69, 9.17) is 0 Å². The summed E-state index contributed by atoms with van der Waals surface area (Å²) >= 11 is 0. The topological polar surface area (TPSA) is 49.8 Å². The highest BCUT2D eigenvalue weighted by molar-refractivity contribution is 5.65. The fourth-order valence-electron chi connectivity index (χ4n) is 2.12. The molecule has 0 radical (unpaired) electrons. The second kappa shape index (κ2) is 6.52. The number of halogens is 1. The SMILES string of the molecule is CCCc1nc(NC)c(C)c(Nc2ccc(F)c(C)c2)n1. The zero-order valence-electron chi connectivity index (χ0n) is 12.9. The summed E-state index contributed by atoms with van der Waals surface area (Å²) in [6.07, 6.45) is 1.81. The maximum atomic E-state index is 13.3. The Hall–Kier alpha value is -2.17. The van der Waals surface area contributed by atoms with Crippen LogP contribution >= 0.6 is 0 Å². The van der Waals surface area contributed by atoms with Gasteiger partial charge in [-0.05, 0) is 44.0 Å². The van der Waals surface area contributed by atoms with Gasteiger partial charge in [0.15, 0.2) is 0 Å². The molecule has 4 nitrogen and oxygen atoms in total. The van der Waals surface area contributed by atoms with Crippen LogP contribution in [-0.4, -0.2) is 17.0 Å². The van der Waals surface area contributed by atoms with E-state index in [1.807, 2.05) is 14.0 Å². The van der Waals surface area contributed by atoms with Crippen LogP contribution in [0.4, 0.5) is 21.7 Å². The van der Waals surface area contributed by atoms with E-state index in [1.165, 1.54) is 6.07 Å². The summed E-state index contributed by atoms with van der Waals surface area (Å²) in [5, 5.41) is 6.35. The van der Waals surface area contributed by atoms with Crippen molar-refractivity contribution in [2.75, 3.05) is 17.7 Å². The zero-order chi connectivity index (χ0) is 15.4. The highest BCUT2D eigenvalue weighted by Crippen LogP contribution is 2.24. The predicted octanol–water partition coefficient (Wildman–Crippen LogP) is 3.97. The molecule has 0 saturated heterocycles. The lowest BCUT2D eigenvalue weighted by atomic mass is 10.2. The lowest BCUT2D eigenvalue weighted by molar-refractivity contribution is 0.619. The predicted molar refractivity (Wildman–Crippen MR) is 84.7 cm³/mol. The molecule has 2 aromatic rings. The van der Waals surface area contributed by atoms with Crippen LogP contribution in [0.15, 0.2) is 18.2 Å². The first-order chi connectivity index (χ1) is 10.0. The normalized spacial score (nSPS) is 10.5. The van der Waals surface area contributed by atoms with Gasteiger partial charge in [0.1, 0.15) is 23.3 Å². The first-order valence-electron chi connectivity index (χ1n) is 7.13. The molecule has 21 heavy (non-hydrogen) atoms. The van der Waals surface area contributed by atoms with E-state index in [1.54, 1.807) is 19.1 Å². The first-order valence-corrected chi connectivity index (χ1v) is 7.13. The van der Waals surface area contributed by atoms with Gasteiger partial charge in [0.05, 0.1) is 0 Å². The molecule has 5 heteroatoms. The van der Waals surface area contributed by atoms with Crippen LogP contribution in [0.5, 0.6) is 0 Å². The number of hydrogen-bond acceptors (Lipinski definition) is 4. The van der Waals surface area contributed by atoms with E-state index in [0.29, 0.717) is 5.56 Å². The summed E-state index contributed by atoms with van der Waals surface area (Å²) in [5.41, 5.74) is 2.37. The maximum absolute atomic E-state index is 13.3. The van der Waals surface area contributed by atoms with E-state index in [9.17, 15) is 4.39 Å². The number of nitrogens with zero attached hydrogens (tertiary/aromatic N) is 2. The van der Waals surface area contributed by atoms with Gasteiger partial charge in [-0.1, -0.05) is 6.92 Å². The second-order valence-corrected chi connectivity index (χ2v) is 5.05. The first kappa shape index (κ1) is 15.2. The third-order valence-electron chi connectivity index (χ3n) is 3.32. The van der Waals surface area contributed by atoms with Crippen molar-refractivity contribution in [1.82, 2.24) is 9.97 Å². The number of benzene rings is 1. The Morgan fingerprint density at radius 1 is 1.14 bits per heavy atom. The summed E-state index contributed by atoms with van der Waals surface area (Å²) in [4.78, 5) is 9.05. The molecule has 0 unspecified atom stereocenters. The van der Waals surface area contributed by atoms with Crippen molar-refractivity contribution < 1.29 is 4.39 Å². The average Bonchev–Trinajstić information content (AvgIpc) is 2.46. The van der Waals surface area contributed by atoms with Gasteiger partial charge in [-0.2, -0.15) is 0 Å². The number of nitrogens with one attached hydrogen (secondary N) is 2. The van der Waals surface area contributed by atoms with E-state index in [2.05, 4.69) is 27.5 Å². The van der Waals surface area contributed by atoms with Crippen LogP contribution in [0.1, 0.15) is 30.3 Å².